The van der Waals surface area contributed by atoms with E-state index >= 15 is 0 Å². The van der Waals surface area contributed by atoms with E-state index in [4.69, 9.17) is 9.84 Å². The van der Waals surface area contributed by atoms with Gasteiger partial charge in [-0.15, -0.1) is 0 Å². The molecule has 1 amide bonds. The SMILES string of the molecule is O=C1CC(OCCO)CCN1. The third-order valence-corrected chi connectivity index (χ3v) is 1.65. The van der Waals surface area contributed by atoms with Crippen LogP contribution < -0.4 is 5.32 Å². The minimum absolute atomic E-state index is 0.0101. The van der Waals surface area contributed by atoms with Crippen molar-refractivity contribution in [2.24, 2.45) is 0 Å². The summed E-state index contributed by atoms with van der Waals surface area (Å²) in [6.07, 6.45) is 1.29. The molecule has 2 N–H and O–H groups in total. The smallest absolute Gasteiger partial charge is 0.222 e. The van der Waals surface area contributed by atoms with Gasteiger partial charge in [-0.2, -0.15) is 0 Å². The highest BCUT2D eigenvalue weighted by molar-refractivity contribution is 5.77. The molecule has 0 bridgehead atoms. The van der Waals surface area contributed by atoms with Gasteiger partial charge in [0.15, 0.2) is 0 Å². The van der Waals surface area contributed by atoms with Crippen molar-refractivity contribution in [1.82, 2.24) is 5.32 Å². The van der Waals surface area contributed by atoms with E-state index in [1.807, 2.05) is 0 Å². The lowest BCUT2D eigenvalue weighted by molar-refractivity contribution is -0.126. The van der Waals surface area contributed by atoms with Crippen molar-refractivity contribution >= 4 is 5.91 Å². The van der Waals surface area contributed by atoms with E-state index < -0.39 is 0 Å². The molecule has 0 radical (unpaired) electrons. The first kappa shape index (κ1) is 8.49. The number of hydrogen-bond donors (Lipinski definition) is 2. The molecule has 0 aliphatic carbocycles. The number of aliphatic hydroxyl groups excluding tert-OH is 1. The van der Waals surface area contributed by atoms with Gasteiger partial charge >= 0.3 is 0 Å². The Morgan fingerprint density at radius 2 is 2.55 bits per heavy atom. The number of hydrogen-bond acceptors (Lipinski definition) is 3. The fourth-order valence-electron chi connectivity index (χ4n) is 1.12. The molecular formula is C7H13NO3. The van der Waals surface area contributed by atoms with Crippen LogP contribution in [0.2, 0.25) is 0 Å². The molecular weight excluding hydrogens is 146 g/mol. The van der Waals surface area contributed by atoms with E-state index in [9.17, 15) is 4.79 Å². The molecule has 4 heteroatoms. The molecule has 1 saturated heterocycles. The van der Waals surface area contributed by atoms with E-state index in [-0.39, 0.29) is 18.6 Å². The lowest BCUT2D eigenvalue weighted by Crippen LogP contribution is -2.37. The molecule has 0 spiro atoms. The first-order chi connectivity index (χ1) is 5.33. The van der Waals surface area contributed by atoms with E-state index in [2.05, 4.69) is 5.32 Å². The van der Waals surface area contributed by atoms with Crippen LogP contribution in [0.5, 0.6) is 0 Å². The maximum atomic E-state index is 10.8. The number of aliphatic hydroxyl groups is 1. The fraction of sp³-hybridized carbons (Fsp3) is 0.857. The van der Waals surface area contributed by atoms with Crippen molar-refractivity contribution in [3.63, 3.8) is 0 Å². The molecule has 0 aromatic carbocycles. The highest BCUT2D eigenvalue weighted by Crippen LogP contribution is 2.07. The van der Waals surface area contributed by atoms with Crippen LogP contribution in [0, 0.1) is 0 Å². The maximum absolute atomic E-state index is 10.8. The lowest BCUT2D eigenvalue weighted by atomic mass is 10.1. The summed E-state index contributed by atoms with van der Waals surface area (Å²) in [7, 11) is 0. The van der Waals surface area contributed by atoms with Crippen molar-refractivity contribution in [3.8, 4) is 0 Å². The molecule has 1 aliphatic heterocycles. The standard InChI is InChI=1S/C7H13NO3/c9-3-4-11-6-1-2-8-7(10)5-6/h6,9H,1-5H2,(H,8,10). The zero-order valence-corrected chi connectivity index (χ0v) is 6.38. The van der Waals surface area contributed by atoms with Gasteiger partial charge in [0.1, 0.15) is 0 Å². The van der Waals surface area contributed by atoms with Crippen LogP contribution in [0.1, 0.15) is 12.8 Å². The van der Waals surface area contributed by atoms with Crippen LogP contribution in [0.15, 0.2) is 0 Å². The third kappa shape index (κ3) is 2.86. The van der Waals surface area contributed by atoms with E-state index in [1.165, 1.54) is 0 Å². The molecule has 1 heterocycles. The Bertz CT molecular complexity index is 138. The number of rotatable bonds is 3. The second-order valence-electron chi connectivity index (χ2n) is 2.56. The molecule has 1 unspecified atom stereocenters. The molecule has 0 aromatic heterocycles. The van der Waals surface area contributed by atoms with E-state index in [0.29, 0.717) is 19.6 Å². The summed E-state index contributed by atoms with van der Waals surface area (Å²) >= 11 is 0. The summed E-state index contributed by atoms with van der Waals surface area (Å²) < 4.78 is 5.19. The first-order valence-corrected chi connectivity index (χ1v) is 3.82. The molecule has 11 heavy (non-hydrogen) atoms. The predicted molar refractivity (Wildman–Crippen MR) is 39.1 cm³/mol. The Morgan fingerprint density at radius 1 is 1.73 bits per heavy atom. The summed E-state index contributed by atoms with van der Waals surface area (Å²) in [5.41, 5.74) is 0. The van der Waals surface area contributed by atoms with Gasteiger partial charge in [0, 0.05) is 6.54 Å². The lowest BCUT2D eigenvalue weighted by Gasteiger charge is -2.21. The summed E-state index contributed by atoms with van der Waals surface area (Å²) in [6.45, 7) is 1.05. The Labute approximate surface area is 65.5 Å². The fourth-order valence-corrected chi connectivity index (χ4v) is 1.12. The van der Waals surface area contributed by atoms with Gasteiger partial charge in [-0.1, -0.05) is 0 Å². The van der Waals surface area contributed by atoms with Crippen LogP contribution in [0.25, 0.3) is 0 Å². The molecule has 4 nitrogen and oxygen atoms in total. The van der Waals surface area contributed by atoms with Gasteiger partial charge in [0.2, 0.25) is 5.91 Å². The maximum Gasteiger partial charge on any atom is 0.222 e. The molecule has 0 saturated carbocycles. The average Bonchev–Trinajstić information content (AvgIpc) is 2.01. The predicted octanol–water partition coefficient (Wildman–Crippen LogP) is -0.726. The average molecular weight is 159 g/mol. The van der Waals surface area contributed by atoms with Crippen LogP contribution in [-0.2, 0) is 9.53 Å². The largest absolute Gasteiger partial charge is 0.394 e. The topological polar surface area (TPSA) is 58.6 Å². The van der Waals surface area contributed by atoms with Gasteiger partial charge in [-0.05, 0) is 6.42 Å². The number of carbonyl (C=O) groups excluding carboxylic acids is 1. The summed E-state index contributed by atoms with van der Waals surface area (Å²) in [5.74, 6) is 0.0409. The number of carbonyl (C=O) groups is 1. The Hall–Kier alpha value is -0.610. The number of piperidine rings is 1. The van der Waals surface area contributed by atoms with Gasteiger partial charge in [0.05, 0.1) is 25.7 Å². The Balaban J connectivity index is 2.17. The zero-order chi connectivity index (χ0) is 8.10. The molecule has 0 aromatic rings. The highest BCUT2D eigenvalue weighted by Gasteiger charge is 2.18. The number of ether oxygens (including phenoxy) is 1. The minimum atomic E-state index is 0.0101. The van der Waals surface area contributed by atoms with Crippen molar-refractivity contribution in [2.45, 2.75) is 18.9 Å². The summed E-state index contributed by atoms with van der Waals surface area (Å²) in [6, 6.07) is 0. The van der Waals surface area contributed by atoms with Crippen LogP contribution in [0.3, 0.4) is 0 Å². The first-order valence-electron chi connectivity index (χ1n) is 3.82. The van der Waals surface area contributed by atoms with Crippen LogP contribution >= 0.6 is 0 Å². The number of nitrogens with one attached hydrogen (secondary N) is 1. The second kappa shape index (κ2) is 4.31. The van der Waals surface area contributed by atoms with Gasteiger partial charge in [-0.3, -0.25) is 4.79 Å². The van der Waals surface area contributed by atoms with Crippen molar-refractivity contribution in [3.05, 3.63) is 0 Å². The molecule has 1 fully saturated rings. The minimum Gasteiger partial charge on any atom is -0.394 e. The zero-order valence-electron chi connectivity index (χ0n) is 6.38. The molecule has 1 rings (SSSR count). The van der Waals surface area contributed by atoms with E-state index in [1.54, 1.807) is 0 Å². The van der Waals surface area contributed by atoms with Crippen LogP contribution in [-0.4, -0.2) is 36.9 Å². The molecule has 64 valence electrons. The van der Waals surface area contributed by atoms with Crippen molar-refractivity contribution < 1.29 is 14.6 Å². The highest BCUT2D eigenvalue weighted by atomic mass is 16.5. The van der Waals surface area contributed by atoms with Crippen LogP contribution in [0.4, 0.5) is 0 Å². The van der Waals surface area contributed by atoms with Crippen molar-refractivity contribution in [1.29, 1.82) is 0 Å². The van der Waals surface area contributed by atoms with Crippen molar-refractivity contribution in [2.75, 3.05) is 19.8 Å². The monoisotopic (exact) mass is 159 g/mol. The second-order valence-corrected chi connectivity index (χ2v) is 2.56. The normalized spacial score (nSPS) is 24.8. The Morgan fingerprint density at radius 3 is 3.18 bits per heavy atom. The summed E-state index contributed by atoms with van der Waals surface area (Å²) in [5, 5.41) is 11.1. The molecule has 1 atom stereocenters. The van der Waals surface area contributed by atoms with Gasteiger partial charge in [-0.25, -0.2) is 0 Å². The van der Waals surface area contributed by atoms with Gasteiger partial charge < -0.3 is 15.2 Å². The summed E-state index contributed by atoms with van der Waals surface area (Å²) in [4.78, 5) is 10.8. The number of amides is 1. The Kier molecular flexibility index (Phi) is 3.32. The molecule has 1 aliphatic rings. The van der Waals surface area contributed by atoms with E-state index in [0.717, 1.165) is 6.42 Å². The third-order valence-electron chi connectivity index (χ3n) is 1.65. The van der Waals surface area contributed by atoms with Gasteiger partial charge in [0.25, 0.3) is 0 Å². The quantitative estimate of drug-likeness (QED) is 0.571.